The maximum atomic E-state index is 12.2. The predicted octanol–water partition coefficient (Wildman–Crippen LogP) is 4.70. The zero-order chi connectivity index (χ0) is 19.6. The van der Waals surface area contributed by atoms with Crippen molar-refractivity contribution >= 4 is 40.1 Å². The van der Waals surface area contributed by atoms with E-state index in [4.69, 9.17) is 32.4 Å². The smallest absolute Gasteiger partial charge is 0.340 e. The van der Waals surface area contributed by atoms with Crippen LogP contribution in [0.3, 0.4) is 0 Å². The lowest BCUT2D eigenvalue weighted by atomic mass is 10.0. The Hall–Kier alpha value is -2.50. The number of esters is 1. The molecule has 0 saturated carbocycles. The van der Waals surface area contributed by atoms with Gasteiger partial charge in [-0.1, -0.05) is 29.3 Å². The van der Waals surface area contributed by atoms with Crippen molar-refractivity contribution in [2.75, 3.05) is 7.11 Å². The van der Waals surface area contributed by atoms with E-state index in [2.05, 4.69) is 4.74 Å². The first-order valence-electron chi connectivity index (χ1n) is 8.09. The molecule has 3 rings (SSSR count). The van der Waals surface area contributed by atoms with Gasteiger partial charge in [-0.2, -0.15) is 0 Å². The fraction of sp³-hybridized carbons (Fsp3) is 0.200. The highest BCUT2D eigenvalue weighted by atomic mass is 35.5. The van der Waals surface area contributed by atoms with Crippen LogP contribution in [0.1, 0.15) is 16.7 Å². The number of carbonyl (C=O) groups is 1. The fourth-order valence-corrected chi connectivity index (χ4v) is 3.22. The highest BCUT2D eigenvalue weighted by Gasteiger charge is 2.16. The third-order valence-electron chi connectivity index (χ3n) is 4.25. The van der Waals surface area contributed by atoms with Crippen molar-refractivity contribution in [1.29, 1.82) is 0 Å². The molecule has 140 valence electrons. The predicted molar refractivity (Wildman–Crippen MR) is 104 cm³/mol. The monoisotopic (exact) mass is 406 g/mol. The van der Waals surface area contributed by atoms with E-state index >= 15 is 0 Å². The molecule has 7 heteroatoms. The summed E-state index contributed by atoms with van der Waals surface area (Å²) in [7, 11) is 1.27. The second kappa shape index (κ2) is 8.03. The van der Waals surface area contributed by atoms with Gasteiger partial charge < -0.3 is 13.9 Å². The summed E-state index contributed by atoms with van der Waals surface area (Å²) in [5.74, 6) is 0.00285. The van der Waals surface area contributed by atoms with Crippen LogP contribution in [-0.4, -0.2) is 13.1 Å². The van der Waals surface area contributed by atoms with Gasteiger partial charge in [0.25, 0.3) is 0 Å². The highest BCUT2D eigenvalue weighted by molar-refractivity contribution is 6.35. The van der Waals surface area contributed by atoms with E-state index in [0.29, 0.717) is 32.5 Å². The topological polar surface area (TPSA) is 65.7 Å². The van der Waals surface area contributed by atoms with E-state index in [0.717, 1.165) is 5.39 Å². The number of halogens is 2. The van der Waals surface area contributed by atoms with Crippen LogP contribution in [0, 0.1) is 6.92 Å². The van der Waals surface area contributed by atoms with Gasteiger partial charge in [0.2, 0.25) is 0 Å². The zero-order valence-electron chi connectivity index (χ0n) is 14.7. The third-order valence-corrected chi connectivity index (χ3v) is 4.96. The number of fused-ring (bicyclic) bond motifs is 1. The first kappa shape index (κ1) is 19.3. The summed E-state index contributed by atoms with van der Waals surface area (Å²) in [4.78, 5) is 23.7. The summed E-state index contributed by atoms with van der Waals surface area (Å²) in [6, 6.07) is 10.4. The molecule has 0 aliphatic heterocycles. The van der Waals surface area contributed by atoms with E-state index in [9.17, 15) is 9.59 Å². The van der Waals surface area contributed by atoms with E-state index in [1.54, 1.807) is 43.3 Å². The Morgan fingerprint density at radius 2 is 1.81 bits per heavy atom. The van der Waals surface area contributed by atoms with Gasteiger partial charge in [-0.3, -0.25) is 4.79 Å². The fourth-order valence-electron chi connectivity index (χ4n) is 2.71. The van der Waals surface area contributed by atoms with Gasteiger partial charge in [0.05, 0.1) is 19.1 Å². The van der Waals surface area contributed by atoms with Crippen LogP contribution in [0.5, 0.6) is 5.75 Å². The summed E-state index contributed by atoms with van der Waals surface area (Å²) in [5.41, 5.74) is 1.43. The van der Waals surface area contributed by atoms with E-state index in [1.165, 1.54) is 7.11 Å². The van der Waals surface area contributed by atoms with Crippen molar-refractivity contribution in [1.82, 2.24) is 0 Å². The van der Waals surface area contributed by atoms with Gasteiger partial charge >= 0.3 is 11.6 Å². The molecule has 0 amide bonds. The molecule has 1 heterocycles. The number of hydrogen-bond acceptors (Lipinski definition) is 5. The molecule has 0 atom stereocenters. The zero-order valence-corrected chi connectivity index (χ0v) is 16.2. The van der Waals surface area contributed by atoms with Gasteiger partial charge in [0.15, 0.2) is 0 Å². The molecule has 27 heavy (non-hydrogen) atoms. The minimum Gasteiger partial charge on any atom is -0.489 e. The van der Waals surface area contributed by atoms with Crippen molar-refractivity contribution < 1.29 is 18.7 Å². The molecule has 0 bridgehead atoms. The van der Waals surface area contributed by atoms with Crippen molar-refractivity contribution in [3.8, 4) is 5.75 Å². The molecule has 5 nitrogen and oxygen atoms in total. The molecule has 0 aliphatic rings. The lowest BCUT2D eigenvalue weighted by Gasteiger charge is -2.11. The normalized spacial score (nSPS) is 10.8. The molecule has 0 aliphatic carbocycles. The molecule has 0 spiro atoms. The van der Waals surface area contributed by atoms with Crippen LogP contribution in [0.15, 0.2) is 45.6 Å². The van der Waals surface area contributed by atoms with Crippen molar-refractivity contribution in [2.45, 2.75) is 20.0 Å². The summed E-state index contributed by atoms with van der Waals surface area (Å²) in [6.45, 7) is 1.94. The van der Waals surface area contributed by atoms with Crippen LogP contribution < -0.4 is 10.4 Å². The van der Waals surface area contributed by atoms with Crippen LogP contribution >= 0.6 is 23.2 Å². The number of carbonyl (C=O) groups excluding carboxylic acids is 1. The molecule has 2 aromatic carbocycles. The van der Waals surface area contributed by atoms with Crippen LogP contribution in [0.25, 0.3) is 11.0 Å². The lowest BCUT2D eigenvalue weighted by Crippen LogP contribution is -2.16. The average Bonchev–Trinajstić information content (AvgIpc) is 2.64. The molecule has 0 N–H and O–H groups in total. The number of methoxy groups -OCH3 is 1. The Morgan fingerprint density at radius 1 is 1.11 bits per heavy atom. The van der Waals surface area contributed by atoms with Gasteiger partial charge in [-0.15, -0.1) is 0 Å². The number of rotatable bonds is 5. The lowest BCUT2D eigenvalue weighted by molar-refractivity contribution is -0.139. The maximum absolute atomic E-state index is 12.2. The number of hydrogen-bond donors (Lipinski definition) is 0. The SMILES string of the molecule is COC(=O)Cc1c(C)c2ccc(OCc3c(Cl)cccc3Cl)cc2oc1=O. The number of aryl methyl sites for hydroxylation is 1. The molecule has 0 fully saturated rings. The Bertz CT molecular complexity index is 1050. The Kier molecular flexibility index (Phi) is 5.73. The Morgan fingerprint density at radius 3 is 2.48 bits per heavy atom. The van der Waals surface area contributed by atoms with Crippen LogP contribution in [-0.2, 0) is 22.6 Å². The van der Waals surface area contributed by atoms with Crippen LogP contribution in [0.4, 0.5) is 0 Å². The van der Waals surface area contributed by atoms with E-state index < -0.39 is 11.6 Å². The van der Waals surface area contributed by atoms with E-state index in [1.807, 2.05) is 0 Å². The standard InChI is InChI=1S/C20H16Cl2O5/c1-11-13-7-6-12(26-10-15-16(21)4-3-5-17(15)22)8-18(13)27-20(24)14(11)9-19(23)25-2/h3-8H,9-10H2,1-2H3. The number of ether oxygens (including phenoxy) is 2. The van der Waals surface area contributed by atoms with Crippen molar-refractivity contribution in [2.24, 2.45) is 0 Å². The Balaban J connectivity index is 1.91. The third kappa shape index (κ3) is 4.10. The maximum Gasteiger partial charge on any atom is 0.340 e. The van der Waals surface area contributed by atoms with Crippen molar-refractivity contribution in [3.63, 3.8) is 0 Å². The van der Waals surface area contributed by atoms with Crippen molar-refractivity contribution in [3.05, 3.63) is 73.6 Å². The molecule has 0 saturated heterocycles. The van der Waals surface area contributed by atoms with Gasteiger partial charge in [0, 0.05) is 27.1 Å². The molecule has 1 aromatic heterocycles. The molecule has 0 unspecified atom stereocenters. The molecular formula is C20H16Cl2O5. The average molecular weight is 407 g/mol. The largest absolute Gasteiger partial charge is 0.489 e. The Labute approximate surface area is 165 Å². The van der Waals surface area contributed by atoms with E-state index in [-0.39, 0.29) is 18.6 Å². The van der Waals surface area contributed by atoms with Gasteiger partial charge in [-0.25, -0.2) is 4.79 Å². The number of benzene rings is 2. The summed E-state index contributed by atoms with van der Waals surface area (Å²) in [5, 5.41) is 1.74. The molecule has 0 radical (unpaired) electrons. The quantitative estimate of drug-likeness (QED) is 0.453. The van der Waals surface area contributed by atoms with Crippen LogP contribution in [0.2, 0.25) is 10.0 Å². The minimum absolute atomic E-state index is 0.135. The summed E-state index contributed by atoms with van der Waals surface area (Å²) >= 11 is 12.3. The molecule has 3 aromatic rings. The molecular weight excluding hydrogens is 391 g/mol. The van der Waals surface area contributed by atoms with Gasteiger partial charge in [0.1, 0.15) is 17.9 Å². The summed E-state index contributed by atoms with van der Waals surface area (Å²) < 4.78 is 15.7. The first-order valence-corrected chi connectivity index (χ1v) is 8.85. The second-order valence-electron chi connectivity index (χ2n) is 5.89. The first-order chi connectivity index (χ1) is 12.9. The van der Waals surface area contributed by atoms with Gasteiger partial charge in [-0.05, 0) is 36.8 Å². The second-order valence-corrected chi connectivity index (χ2v) is 6.71. The highest BCUT2D eigenvalue weighted by Crippen LogP contribution is 2.28. The minimum atomic E-state index is -0.573. The summed E-state index contributed by atoms with van der Waals surface area (Å²) in [6.07, 6.45) is -0.135.